The van der Waals surface area contributed by atoms with Crippen molar-refractivity contribution in [3.8, 4) is 0 Å². The molecule has 1 aliphatic rings. The maximum absolute atomic E-state index is 13.0. The summed E-state index contributed by atoms with van der Waals surface area (Å²) in [6.45, 7) is 3.78. The van der Waals surface area contributed by atoms with Gasteiger partial charge in [0.25, 0.3) is 10.0 Å². The van der Waals surface area contributed by atoms with Gasteiger partial charge in [0.1, 0.15) is 5.69 Å². The van der Waals surface area contributed by atoms with E-state index in [1.807, 2.05) is 24.3 Å². The minimum absolute atomic E-state index is 0.194. The fourth-order valence-corrected chi connectivity index (χ4v) is 4.70. The highest BCUT2D eigenvalue weighted by atomic mass is 32.2. The second-order valence-corrected chi connectivity index (χ2v) is 7.12. The number of hydrogen-bond acceptors (Lipinski definition) is 4. The zero-order valence-corrected chi connectivity index (χ0v) is 13.0. The molecule has 0 radical (unpaired) electrons. The van der Waals surface area contributed by atoms with Crippen LogP contribution in [0.1, 0.15) is 29.9 Å². The van der Waals surface area contributed by atoms with E-state index < -0.39 is 10.0 Å². The van der Waals surface area contributed by atoms with E-state index in [2.05, 4.69) is 5.16 Å². The van der Waals surface area contributed by atoms with E-state index in [0.29, 0.717) is 18.0 Å². The van der Waals surface area contributed by atoms with Crippen LogP contribution in [0.15, 0.2) is 33.7 Å². The average Bonchev–Trinajstić information content (AvgIpc) is 2.68. The lowest BCUT2D eigenvalue weighted by Gasteiger charge is -2.24. The standard InChI is InChI=1S/C15H18N2O3S/c1-11-15(12(2)20-16-11)21(18,19)17-10-6-5-8-13-7-3-4-9-14(13)17/h3-4,7,9H,5-6,8,10H2,1-2H3. The molecule has 0 fully saturated rings. The van der Waals surface area contributed by atoms with Gasteiger partial charge in [0, 0.05) is 6.54 Å². The summed E-state index contributed by atoms with van der Waals surface area (Å²) in [7, 11) is -3.64. The zero-order valence-electron chi connectivity index (χ0n) is 12.2. The van der Waals surface area contributed by atoms with Crippen molar-refractivity contribution in [1.29, 1.82) is 0 Å². The molecule has 0 N–H and O–H groups in total. The van der Waals surface area contributed by atoms with Crippen molar-refractivity contribution in [3.63, 3.8) is 0 Å². The quantitative estimate of drug-likeness (QED) is 0.856. The lowest BCUT2D eigenvalue weighted by molar-refractivity contribution is 0.390. The Balaban J connectivity index is 2.16. The molecule has 3 rings (SSSR count). The van der Waals surface area contributed by atoms with Crippen LogP contribution in [-0.2, 0) is 16.4 Å². The van der Waals surface area contributed by atoms with Crippen LogP contribution in [0.5, 0.6) is 0 Å². The number of anilines is 1. The van der Waals surface area contributed by atoms with E-state index in [1.165, 1.54) is 4.31 Å². The molecule has 0 spiro atoms. The summed E-state index contributed by atoms with van der Waals surface area (Å²) in [5.74, 6) is 0.342. The maximum Gasteiger partial charge on any atom is 0.269 e. The molecule has 1 aliphatic heterocycles. The SMILES string of the molecule is Cc1noc(C)c1S(=O)(=O)N1CCCCc2ccccc21. The molecular weight excluding hydrogens is 288 g/mol. The van der Waals surface area contributed by atoms with Gasteiger partial charge in [-0.1, -0.05) is 23.4 Å². The minimum Gasteiger partial charge on any atom is -0.360 e. The number of benzene rings is 1. The van der Waals surface area contributed by atoms with Gasteiger partial charge in [0.15, 0.2) is 10.7 Å². The lowest BCUT2D eigenvalue weighted by Crippen LogP contribution is -2.32. The van der Waals surface area contributed by atoms with Crippen molar-refractivity contribution >= 4 is 15.7 Å². The Labute approximate surface area is 124 Å². The average molecular weight is 306 g/mol. The van der Waals surface area contributed by atoms with Gasteiger partial charge in [-0.05, 0) is 44.7 Å². The van der Waals surface area contributed by atoms with Crippen molar-refractivity contribution in [1.82, 2.24) is 5.16 Å². The summed E-state index contributed by atoms with van der Waals surface area (Å²) in [6.07, 6.45) is 2.74. The van der Waals surface area contributed by atoms with E-state index in [1.54, 1.807) is 13.8 Å². The molecule has 6 heteroatoms. The van der Waals surface area contributed by atoms with Crippen molar-refractivity contribution in [2.24, 2.45) is 0 Å². The van der Waals surface area contributed by atoms with Crippen LogP contribution in [0.3, 0.4) is 0 Å². The normalized spacial score (nSPS) is 15.6. The van der Waals surface area contributed by atoms with E-state index in [-0.39, 0.29) is 4.90 Å². The van der Waals surface area contributed by atoms with Crippen LogP contribution in [0.4, 0.5) is 5.69 Å². The predicted molar refractivity (Wildman–Crippen MR) is 79.9 cm³/mol. The molecule has 0 atom stereocenters. The van der Waals surface area contributed by atoms with Crippen LogP contribution < -0.4 is 4.31 Å². The van der Waals surface area contributed by atoms with Crippen molar-refractivity contribution < 1.29 is 12.9 Å². The number of hydrogen-bond donors (Lipinski definition) is 0. The van der Waals surface area contributed by atoms with Crippen molar-refractivity contribution in [2.45, 2.75) is 38.0 Å². The second kappa shape index (κ2) is 5.18. The summed E-state index contributed by atoms with van der Waals surface area (Å²) in [6, 6.07) is 7.69. The second-order valence-electron chi connectivity index (χ2n) is 5.32. The summed E-state index contributed by atoms with van der Waals surface area (Å²) in [5.41, 5.74) is 2.26. The van der Waals surface area contributed by atoms with Gasteiger partial charge in [0.05, 0.1) is 5.69 Å². The maximum atomic E-state index is 13.0. The van der Waals surface area contributed by atoms with E-state index in [9.17, 15) is 8.42 Å². The number of aromatic nitrogens is 1. The molecule has 1 aromatic heterocycles. The van der Waals surface area contributed by atoms with Gasteiger partial charge in [0.2, 0.25) is 0 Å². The molecule has 0 saturated heterocycles. The molecule has 2 aromatic rings. The minimum atomic E-state index is -3.64. The van der Waals surface area contributed by atoms with Gasteiger partial charge in [-0.15, -0.1) is 0 Å². The molecule has 0 amide bonds. The number of aryl methyl sites for hydroxylation is 3. The Kier molecular flexibility index (Phi) is 3.49. The number of rotatable bonds is 2. The highest BCUT2D eigenvalue weighted by Crippen LogP contribution is 2.33. The predicted octanol–water partition coefficient (Wildman–Crippen LogP) is 2.82. The van der Waals surface area contributed by atoms with Crippen LogP contribution >= 0.6 is 0 Å². The van der Waals surface area contributed by atoms with Crippen LogP contribution in [0, 0.1) is 13.8 Å². The molecule has 1 aromatic carbocycles. The van der Waals surface area contributed by atoms with Gasteiger partial charge < -0.3 is 4.52 Å². The summed E-state index contributed by atoms with van der Waals surface area (Å²) < 4.78 is 32.6. The van der Waals surface area contributed by atoms with Crippen molar-refractivity contribution in [2.75, 3.05) is 10.8 Å². The molecule has 0 saturated carbocycles. The fraction of sp³-hybridized carbons (Fsp3) is 0.400. The molecule has 2 heterocycles. The third-order valence-corrected chi connectivity index (χ3v) is 5.89. The first-order valence-electron chi connectivity index (χ1n) is 7.05. The zero-order chi connectivity index (χ0) is 15.0. The number of nitrogens with zero attached hydrogens (tertiary/aromatic N) is 2. The lowest BCUT2D eigenvalue weighted by atomic mass is 10.1. The summed E-state index contributed by atoms with van der Waals surface area (Å²) >= 11 is 0. The van der Waals surface area contributed by atoms with E-state index >= 15 is 0 Å². The highest BCUT2D eigenvalue weighted by molar-refractivity contribution is 7.93. The van der Waals surface area contributed by atoms with Gasteiger partial charge >= 0.3 is 0 Å². The monoisotopic (exact) mass is 306 g/mol. The van der Waals surface area contributed by atoms with Crippen LogP contribution in [0.25, 0.3) is 0 Å². The third-order valence-electron chi connectivity index (χ3n) is 3.83. The Morgan fingerprint density at radius 3 is 2.67 bits per heavy atom. The molecule has 0 aliphatic carbocycles. The Bertz CT molecular complexity index is 745. The van der Waals surface area contributed by atoms with E-state index in [4.69, 9.17) is 4.52 Å². The summed E-state index contributed by atoms with van der Waals surface area (Å²) in [4.78, 5) is 0.194. The smallest absolute Gasteiger partial charge is 0.269 e. The largest absolute Gasteiger partial charge is 0.360 e. The van der Waals surface area contributed by atoms with Gasteiger partial charge in [-0.3, -0.25) is 4.31 Å². The Morgan fingerprint density at radius 1 is 1.19 bits per heavy atom. The first kappa shape index (κ1) is 14.1. The molecular formula is C15H18N2O3S. The molecule has 0 bridgehead atoms. The summed E-state index contributed by atoms with van der Waals surface area (Å²) in [5, 5.41) is 3.78. The number of fused-ring (bicyclic) bond motifs is 1. The highest BCUT2D eigenvalue weighted by Gasteiger charge is 2.32. The third kappa shape index (κ3) is 2.33. The molecule has 0 unspecified atom stereocenters. The van der Waals surface area contributed by atoms with Crippen LogP contribution in [0.2, 0.25) is 0 Å². The van der Waals surface area contributed by atoms with Gasteiger partial charge in [-0.25, -0.2) is 8.42 Å². The Morgan fingerprint density at radius 2 is 1.95 bits per heavy atom. The first-order chi connectivity index (χ1) is 10.0. The molecule has 21 heavy (non-hydrogen) atoms. The molecule has 112 valence electrons. The van der Waals surface area contributed by atoms with E-state index in [0.717, 1.165) is 30.5 Å². The van der Waals surface area contributed by atoms with Crippen LogP contribution in [-0.4, -0.2) is 20.1 Å². The number of sulfonamides is 1. The topological polar surface area (TPSA) is 63.4 Å². The molecule has 5 nitrogen and oxygen atoms in total. The fourth-order valence-electron chi connectivity index (χ4n) is 2.86. The van der Waals surface area contributed by atoms with Gasteiger partial charge in [-0.2, -0.15) is 0 Å². The Hall–Kier alpha value is -1.82. The first-order valence-corrected chi connectivity index (χ1v) is 8.49. The van der Waals surface area contributed by atoms with Crippen molar-refractivity contribution in [3.05, 3.63) is 41.3 Å². The number of para-hydroxylation sites is 1.